The van der Waals surface area contributed by atoms with Crippen LogP contribution < -0.4 is 10.6 Å². The van der Waals surface area contributed by atoms with Crippen molar-refractivity contribution < 1.29 is 14.0 Å². The molecule has 2 aromatic heterocycles. The van der Waals surface area contributed by atoms with Gasteiger partial charge in [0.05, 0.1) is 5.56 Å². The molecule has 0 aliphatic heterocycles. The Labute approximate surface area is 161 Å². The van der Waals surface area contributed by atoms with Gasteiger partial charge in [-0.25, -0.2) is 0 Å². The summed E-state index contributed by atoms with van der Waals surface area (Å²) in [7, 11) is 0. The van der Waals surface area contributed by atoms with Gasteiger partial charge in [0.15, 0.2) is 5.76 Å². The van der Waals surface area contributed by atoms with Gasteiger partial charge in [-0.15, -0.1) is 11.3 Å². The Morgan fingerprint density at radius 3 is 2.70 bits per heavy atom. The number of rotatable bonds is 4. The van der Waals surface area contributed by atoms with E-state index in [1.54, 1.807) is 0 Å². The minimum Gasteiger partial charge on any atom is -0.451 e. The van der Waals surface area contributed by atoms with Crippen molar-refractivity contribution in [2.24, 2.45) is 0 Å². The molecular weight excluding hydrogens is 360 g/mol. The second-order valence-electron chi connectivity index (χ2n) is 6.78. The second kappa shape index (κ2) is 7.19. The fourth-order valence-electron chi connectivity index (χ4n) is 3.69. The predicted molar refractivity (Wildman–Crippen MR) is 108 cm³/mol. The molecule has 0 bridgehead atoms. The summed E-state index contributed by atoms with van der Waals surface area (Å²) >= 11 is 1.52. The van der Waals surface area contributed by atoms with Crippen molar-refractivity contribution in [2.45, 2.75) is 39.5 Å². The molecule has 2 heterocycles. The summed E-state index contributed by atoms with van der Waals surface area (Å²) in [6.07, 6.45) is 4.05. The molecule has 1 aliphatic rings. The average Bonchev–Trinajstić information content (AvgIpc) is 3.20. The first kappa shape index (κ1) is 17.8. The Morgan fingerprint density at radius 1 is 1.15 bits per heavy atom. The highest BCUT2D eigenvalue weighted by molar-refractivity contribution is 7.17. The van der Waals surface area contributed by atoms with Gasteiger partial charge >= 0.3 is 0 Å². The molecule has 0 atom stereocenters. The highest BCUT2D eigenvalue weighted by Gasteiger charge is 2.27. The lowest BCUT2D eigenvalue weighted by Crippen LogP contribution is -2.25. The van der Waals surface area contributed by atoms with Gasteiger partial charge in [-0.05, 0) is 51.2 Å². The fourth-order valence-corrected chi connectivity index (χ4v) is 4.98. The minimum absolute atomic E-state index is 0.117. The molecule has 0 unspecified atom stereocenters. The number of hydrogen-bond donors (Lipinski definition) is 2. The number of para-hydroxylation sites is 1. The fraction of sp³-hybridized carbons (Fsp3) is 0.333. The van der Waals surface area contributed by atoms with E-state index in [9.17, 15) is 9.59 Å². The number of anilines is 1. The maximum Gasteiger partial charge on any atom is 0.292 e. The molecule has 0 saturated carbocycles. The standard InChI is InChI=1S/C21H22N2O3S/c1-3-22-19(24)17-14-9-5-7-11-16(14)27-21(17)23-20(25)18-12(2)13-8-4-6-10-15(13)26-18/h4,6,8,10H,3,5,7,9,11H2,1-2H3,(H,22,24)(H,23,25). The second-order valence-corrected chi connectivity index (χ2v) is 7.89. The third-order valence-corrected chi connectivity index (χ3v) is 6.22. The molecule has 2 N–H and O–H groups in total. The molecule has 1 aliphatic carbocycles. The van der Waals surface area contributed by atoms with Crippen molar-refractivity contribution in [1.29, 1.82) is 0 Å². The lowest BCUT2D eigenvalue weighted by molar-refractivity contribution is 0.0956. The SMILES string of the molecule is CCNC(=O)c1c(NC(=O)c2oc3ccccc3c2C)sc2c1CCCC2. The van der Waals surface area contributed by atoms with Crippen LogP contribution in [0.4, 0.5) is 5.00 Å². The van der Waals surface area contributed by atoms with Crippen LogP contribution in [0.5, 0.6) is 0 Å². The van der Waals surface area contributed by atoms with E-state index in [-0.39, 0.29) is 11.8 Å². The van der Waals surface area contributed by atoms with Gasteiger partial charge in [-0.3, -0.25) is 9.59 Å². The van der Waals surface area contributed by atoms with Crippen LogP contribution in [-0.4, -0.2) is 18.4 Å². The van der Waals surface area contributed by atoms with Crippen LogP contribution in [0.2, 0.25) is 0 Å². The third-order valence-electron chi connectivity index (χ3n) is 5.01. The number of furan rings is 1. The van der Waals surface area contributed by atoms with E-state index in [0.29, 0.717) is 28.5 Å². The van der Waals surface area contributed by atoms with Crippen LogP contribution in [0.15, 0.2) is 28.7 Å². The molecule has 1 aromatic carbocycles. The van der Waals surface area contributed by atoms with Gasteiger partial charge in [0.2, 0.25) is 0 Å². The van der Waals surface area contributed by atoms with Crippen molar-refractivity contribution in [3.63, 3.8) is 0 Å². The van der Waals surface area contributed by atoms with E-state index >= 15 is 0 Å². The molecule has 0 fully saturated rings. The summed E-state index contributed by atoms with van der Waals surface area (Å²) in [5.41, 5.74) is 3.21. The van der Waals surface area contributed by atoms with Crippen molar-refractivity contribution >= 4 is 39.1 Å². The summed E-state index contributed by atoms with van der Waals surface area (Å²) < 4.78 is 5.77. The zero-order valence-corrected chi connectivity index (χ0v) is 16.3. The Kier molecular flexibility index (Phi) is 4.74. The summed E-state index contributed by atoms with van der Waals surface area (Å²) in [5, 5.41) is 7.38. The monoisotopic (exact) mass is 382 g/mol. The Balaban J connectivity index is 1.71. The molecule has 4 rings (SSSR count). The van der Waals surface area contributed by atoms with E-state index < -0.39 is 0 Å². The molecular formula is C21H22N2O3S. The molecule has 140 valence electrons. The van der Waals surface area contributed by atoms with E-state index in [1.807, 2.05) is 38.1 Å². The van der Waals surface area contributed by atoms with Crippen LogP contribution in [-0.2, 0) is 12.8 Å². The highest BCUT2D eigenvalue weighted by atomic mass is 32.1. The molecule has 0 spiro atoms. The van der Waals surface area contributed by atoms with Crippen LogP contribution in [0.3, 0.4) is 0 Å². The smallest absolute Gasteiger partial charge is 0.292 e. The number of carbonyl (C=O) groups is 2. The minimum atomic E-state index is -0.312. The number of amides is 2. The molecule has 5 nitrogen and oxygen atoms in total. The highest BCUT2D eigenvalue weighted by Crippen LogP contribution is 2.38. The summed E-state index contributed by atoms with van der Waals surface area (Å²) in [6.45, 7) is 4.33. The first-order valence-corrected chi connectivity index (χ1v) is 10.1. The zero-order valence-electron chi connectivity index (χ0n) is 15.5. The number of aryl methyl sites for hydroxylation is 2. The molecule has 6 heteroatoms. The van der Waals surface area contributed by atoms with E-state index in [2.05, 4.69) is 10.6 Å². The van der Waals surface area contributed by atoms with Crippen molar-refractivity contribution in [2.75, 3.05) is 11.9 Å². The van der Waals surface area contributed by atoms with Gasteiger partial charge in [0.1, 0.15) is 10.6 Å². The van der Waals surface area contributed by atoms with Gasteiger partial charge < -0.3 is 15.1 Å². The average molecular weight is 382 g/mol. The third kappa shape index (κ3) is 3.14. The van der Waals surface area contributed by atoms with Crippen LogP contribution in [0.25, 0.3) is 11.0 Å². The van der Waals surface area contributed by atoms with E-state index in [1.165, 1.54) is 16.2 Å². The van der Waals surface area contributed by atoms with Crippen LogP contribution in [0, 0.1) is 6.92 Å². The number of benzene rings is 1. The van der Waals surface area contributed by atoms with E-state index in [0.717, 1.165) is 42.2 Å². The molecule has 0 radical (unpaired) electrons. The summed E-state index contributed by atoms with van der Waals surface area (Å²) in [5.74, 6) is -0.134. The van der Waals surface area contributed by atoms with Gasteiger partial charge in [-0.2, -0.15) is 0 Å². The summed E-state index contributed by atoms with van der Waals surface area (Å²) in [6, 6.07) is 7.60. The largest absolute Gasteiger partial charge is 0.451 e. The van der Waals surface area contributed by atoms with Crippen molar-refractivity contribution in [3.05, 3.63) is 51.6 Å². The maximum atomic E-state index is 12.9. The van der Waals surface area contributed by atoms with Gasteiger partial charge in [-0.1, -0.05) is 18.2 Å². The Hall–Kier alpha value is -2.60. The quantitative estimate of drug-likeness (QED) is 0.688. The van der Waals surface area contributed by atoms with E-state index in [4.69, 9.17) is 4.42 Å². The first-order chi connectivity index (χ1) is 13.1. The molecule has 0 saturated heterocycles. The van der Waals surface area contributed by atoms with Crippen molar-refractivity contribution in [1.82, 2.24) is 5.32 Å². The lowest BCUT2D eigenvalue weighted by atomic mass is 9.95. The predicted octanol–water partition coefficient (Wildman–Crippen LogP) is 4.68. The van der Waals surface area contributed by atoms with Crippen LogP contribution in [0.1, 0.15) is 56.7 Å². The normalized spacial score (nSPS) is 13.4. The zero-order chi connectivity index (χ0) is 19.0. The van der Waals surface area contributed by atoms with Crippen LogP contribution >= 0.6 is 11.3 Å². The van der Waals surface area contributed by atoms with Crippen molar-refractivity contribution in [3.8, 4) is 0 Å². The molecule has 3 aromatic rings. The number of thiophene rings is 1. The lowest BCUT2D eigenvalue weighted by Gasteiger charge is -2.12. The van der Waals surface area contributed by atoms with Gasteiger partial charge in [0, 0.05) is 22.4 Å². The first-order valence-electron chi connectivity index (χ1n) is 9.32. The topological polar surface area (TPSA) is 71.3 Å². The summed E-state index contributed by atoms with van der Waals surface area (Å²) in [4.78, 5) is 26.8. The Morgan fingerprint density at radius 2 is 1.93 bits per heavy atom. The number of nitrogens with one attached hydrogen (secondary N) is 2. The number of fused-ring (bicyclic) bond motifs is 2. The number of carbonyl (C=O) groups excluding carboxylic acids is 2. The maximum absolute atomic E-state index is 12.9. The Bertz CT molecular complexity index is 1030. The van der Waals surface area contributed by atoms with Gasteiger partial charge in [0.25, 0.3) is 11.8 Å². The molecule has 2 amide bonds. The molecule has 27 heavy (non-hydrogen) atoms. The number of hydrogen-bond acceptors (Lipinski definition) is 4.